The summed E-state index contributed by atoms with van der Waals surface area (Å²) in [5, 5.41) is 12.2. The molecule has 1 unspecified atom stereocenters. The minimum absolute atomic E-state index is 0.375. The number of hydrogen-bond acceptors (Lipinski definition) is 2. The molecule has 1 aliphatic heterocycles. The van der Waals surface area contributed by atoms with E-state index < -0.39 is 5.97 Å². The lowest BCUT2D eigenvalue weighted by atomic mass is 9.97. The number of benzene rings is 1. The highest BCUT2D eigenvalue weighted by Crippen LogP contribution is 2.25. The van der Waals surface area contributed by atoms with Crippen molar-refractivity contribution >= 4 is 11.7 Å². The van der Waals surface area contributed by atoms with Crippen LogP contribution >= 0.6 is 0 Å². The molecule has 0 aromatic heterocycles. The molecule has 3 heteroatoms. The highest BCUT2D eigenvalue weighted by atomic mass is 16.4. The van der Waals surface area contributed by atoms with Crippen molar-refractivity contribution in [3.8, 4) is 0 Å². The van der Waals surface area contributed by atoms with Crippen LogP contribution in [0.4, 0.5) is 5.69 Å². The number of carboxylic acid groups (broad SMARTS) is 1. The van der Waals surface area contributed by atoms with Crippen molar-refractivity contribution in [2.45, 2.75) is 25.8 Å². The smallest absolute Gasteiger partial charge is 0.335 e. The summed E-state index contributed by atoms with van der Waals surface area (Å²) in [6.45, 7) is 2.13. The first-order chi connectivity index (χ1) is 6.66. The molecule has 0 spiro atoms. The third-order valence-electron chi connectivity index (χ3n) is 2.60. The van der Waals surface area contributed by atoms with Crippen molar-refractivity contribution in [3.05, 3.63) is 29.3 Å². The molecule has 0 amide bonds. The summed E-state index contributed by atoms with van der Waals surface area (Å²) in [5.74, 6) is -0.855. The second kappa shape index (κ2) is 3.33. The van der Waals surface area contributed by atoms with Gasteiger partial charge in [0.25, 0.3) is 0 Å². The monoisotopic (exact) mass is 191 g/mol. The Hall–Kier alpha value is -1.51. The van der Waals surface area contributed by atoms with Crippen LogP contribution in [0.15, 0.2) is 18.2 Å². The van der Waals surface area contributed by atoms with E-state index in [1.165, 1.54) is 0 Å². The number of carbonyl (C=O) groups is 1. The van der Waals surface area contributed by atoms with E-state index in [0.717, 1.165) is 24.1 Å². The predicted molar refractivity (Wildman–Crippen MR) is 54.8 cm³/mol. The number of hydrogen-bond donors (Lipinski definition) is 2. The fraction of sp³-hybridized carbons (Fsp3) is 0.364. The Kier molecular flexibility index (Phi) is 2.15. The quantitative estimate of drug-likeness (QED) is 0.715. The van der Waals surface area contributed by atoms with Crippen molar-refractivity contribution < 1.29 is 9.90 Å². The summed E-state index contributed by atoms with van der Waals surface area (Å²) in [5.41, 5.74) is 2.57. The van der Waals surface area contributed by atoms with Crippen molar-refractivity contribution in [1.82, 2.24) is 0 Å². The van der Waals surface area contributed by atoms with Gasteiger partial charge in [-0.1, -0.05) is 0 Å². The molecule has 3 nitrogen and oxygen atoms in total. The number of carboxylic acids is 1. The molecule has 0 saturated heterocycles. The van der Waals surface area contributed by atoms with Gasteiger partial charge in [0.15, 0.2) is 0 Å². The van der Waals surface area contributed by atoms with Crippen LogP contribution in [-0.4, -0.2) is 17.1 Å². The Labute approximate surface area is 82.8 Å². The number of rotatable bonds is 1. The van der Waals surface area contributed by atoms with Crippen molar-refractivity contribution in [2.75, 3.05) is 5.32 Å². The Morgan fingerprint density at radius 3 is 3.07 bits per heavy atom. The fourth-order valence-electron chi connectivity index (χ4n) is 1.78. The topological polar surface area (TPSA) is 49.3 Å². The molecule has 0 saturated carbocycles. The average molecular weight is 191 g/mol. The van der Waals surface area contributed by atoms with E-state index in [-0.39, 0.29) is 0 Å². The van der Waals surface area contributed by atoms with E-state index in [1.807, 2.05) is 6.07 Å². The number of fused-ring (bicyclic) bond motifs is 1. The highest BCUT2D eigenvalue weighted by molar-refractivity contribution is 5.88. The first-order valence-corrected chi connectivity index (χ1v) is 4.79. The molecule has 1 aromatic carbocycles. The first kappa shape index (κ1) is 9.06. The maximum atomic E-state index is 10.7. The summed E-state index contributed by atoms with van der Waals surface area (Å²) < 4.78 is 0. The van der Waals surface area contributed by atoms with E-state index in [9.17, 15) is 4.79 Å². The molecule has 0 aliphatic carbocycles. The molecule has 0 radical (unpaired) electrons. The van der Waals surface area contributed by atoms with Gasteiger partial charge in [0, 0.05) is 11.7 Å². The van der Waals surface area contributed by atoms with E-state index in [0.29, 0.717) is 11.6 Å². The maximum Gasteiger partial charge on any atom is 0.335 e. The number of nitrogens with one attached hydrogen (secondary N) is 1. The van der Waals surface area contributed by atoms with Gasteiger partial charge in [-0.3, -0.25) is 0 Å². The molecular weight excluding hydrogens is 178 g/mol. The van der Waals surface area contributed by atoms with E-state index in [2.05, 4.69) is 12.2 Å². The molecule has 74 valence electrons. The van der Waals surface area contributed by atoms with Gasteiger partial charge in [0.1, 0.15) is 0 Å². The fourth-order valence-corrected chi connectivity index (χ4v) is 1.78. The zero-order valence-electron chi connectivity index (χ0n) is 8.08. The summed E-state index contributed by atoms with van der Waals surface area (Å²) in [6.07, 6.45) is 2.03. The Bertz CT molecular complexity index is 374. The molecule has 1 aliphatic rings. The third-order valence-corrected chi connectivity index (χ3v) is 2.60. The molecule has 0 bridgehead atoms. The molecule has 0 fully saturated rings. The normalized spacial score (nSPS) is 19.6. The van der Waals surface area contributed by atoms with E-state index in [4.69, 9.17) is 5.11 Å². The molecule has 2 N–H and O–H groups in total. The van der Waals surface area contributed by atoms with Gasteiger partial charge in [-0.2, -0.15) is 0 Å². The molecular formula is C11H13NO2. The molecule has 1 aromatic rings. The van der Waals surface area contributed by atoms with Crippen LogP contribution in [0.5, 0.6) is 0 Å². The molecule has 2 rings (SSSR count). The number of anilines is 1. The van der Waals surface area contributed by atoms with Gasteiger partial charge in [-0.05, 0) is 43.5 Å². The Balaban J connectivity index is 2.36. The predicted octanol–water partition coefficient (Wildman–Crippen LogP) is 2.13. The van der Waals surface area contributed by atoms with Gasteiger partial charge < -0.3 is 10.4 Å². The second-order valence-electron chi connectivity index (χ2n) is 3.76. The summed E-state index contributed by atoms with van der Waals surface area (Å²) in [7, 11) is 0. The Morgan fingerprint density at radius 2 is 2.36 bits per heavy atom. The lowest BCUT2D eigenvalue weighted by Crippen LogP contribution is -2.22. The zero-order valence-corrected chi connectivity index (χ0v) is 8.08. The van der Waals surface area contributed by atoms with Crippen LogP contribution in [0.2, 0.25) is 0 Å². The lowest BCUT2D eigenvalue weighted by molar-refractivity contribution is 0.0697. The maximum absolute atomic E-state index is 10.7. The van der Waals surface area contributed by atoms with Crippen molar-refractivity contribution in [1.29, 1.82) is 0 Å². The molecule has 14 heavy (non-hydrogen) atoms. The van der Waals surface area contributed by atoms with Gasteiger partial charge >= 0.3 is 5.97 Å². The summed E-state index contributed by atoms with van der Waals surface area (Å²) >= 11 is 0. The van der Waals surface area contributed by atoms with Crippen LogP contribution in [0.25, 0.3) is 0 Å². The van der Waals surface area contributed by atoms with Crippen LogP contribution < -0.4 is 5.32 Å². The Morgan fingerprint density at radius 1 is 1.57 bits per heavy atom. The minimum Gasteiger partial charge on any atom is -0.478 e. The lowest BCUT2D eigenvalue weighted by Gasteiger charge is -2.24. The average Bonchev–Trinajstić information content (AvgIpc) is 2.16. The van der Waals surface area contributed by atoms with Gasteiger partial charge in [0.05, 0.1) is 5.56 Å². The van der Waals surface area contributed by atoms with Crippen LogP contribution in [-0.2, 0) is 6.42 Å². The SMILES string of the molecule is CC1CCc2cc(C(=O)O)ccc2N1. The van der Waals surface area contributed by atoms with Gasteiger partial charge in [-0.15, -0.1) is 0 Å². The summed E-state index contributed by atoms with van der Waals surface area (Å²) in [6, 6.07) is 5.75. The van der Waals surface area contributed by atoms with Crippen LogP contribution in [0.1, 0.15) is 29.3 Å². The standard InChI is InChI=1S/C11H13NO2/c1-7-2-3-8-6-9(11(13)14)4-5-10(8)12-7/h4-7,12H,2-3H2,1H3,(H,13,14). The first-order valence-electron chi connectivity index (χ1n) is 4.79. The molecule has 1 atom stereocenters. The zero-order chi connectivity index (χ0) is 10.1. The molecule has 1 heterocycles. The van der Waals surface area contributed by atoms with E-state index in [1.54, 1.807) is 12.1 Å². The van der Waals surface area contributed by atoms with E-state index >= 15 is 0 Å². The van der Waals surface area contributed by atoms with Gasteiger partial charge in [0.2, 0.25) is 0 Å². The number of aryl methyl sites for hydroxylation is 1. The largest absolute Gasteiger partial charge is 0.478 e. The van der Waals surface area contributed by atoms with Gasteiger partial charge in [-0.25, -0.2) is 4.79 Å². The van der Waals surface area contributed by atoms with Crippen LogP contribution in [0, 0.1) is 0 Å². The second-order valence-corrected chi connectivity index (χ2v) is 3.76. The minimum atomic E-state index is -0.855. The highest BCUT2D eigenvalue weighted by Gasteiger charge is 2.15. The van der Waals surface area contributed by atoms with Crippen molar-refractivity contribution in [3.63, 3.8) is 0 Å². The van der Waals surface area contributed by atoms with Crippen LogP contribution in [0.3, 0.4) is 0 Å². The van der Waals surface area contributed by atoms with Crippen molar-refractivity contribution in [2.24, 2.45) is 0 Å². The third kappa shape index (κ3) is 1.58. The number of aromatic carboxylic acids is 1. The summed E-state index contributed by atoms with van der Waals surface area (Å²) in [4.78, 5) is 10.7.